The van der Waals surface area contributed by atoms with Crippen LogP contribution in [-0.4, -0.2) is 24.2 Å². The number of hydrogen-bond acceptors (Lipinski definition) is 3. The summed E-state index contributed by atoms with van der Waals surface area (Å²) in [5.74, 6) is -1.28. The number of hydrogen-bond donors (Lipinski definition) is 1. The molecule has 0 aliphatic rings. The first-order chi connectivity index (χ1) is 14.1. The van der Waals surface area contributed by atoms with E-state index in [0.717, 1.165) is 5.57 Å². The topological polar surface area (TPSA) is 63.6 Å². The Labute approximate surface area is 180 Å². The Morgan fingerprint density at radius 1 is 0.833 bits per heavy atom. The molecule has 0 saturated heterocycles. The number of carboxylic acids is 1. The molecule has 160 valence electrons. The number of benzene rings is 2. The minimum absolute atomic E-state index is 0.176. The number of carbonyl (C=O) groups excluding carboxylic acids is 1. The third-order valence-electron chi connectivity index (χ3n) is 3.20. The van der Waals surface area contributed by atoms with Gasteiger partial charge in [-0.3, -0.25) is 0 Å². The highest BCUT2D eigenvalue weighted by Crippen LogP contribution is 2.08. The zero-order valence-electron chi connectivity index (χ0n) is 18.4. The van der Waals surface area contributed by atoms with Gasteiger partial charge in [-0.2, -0.15) is 0 Å². The molecule has 0 spiro atoms. The number of esters is 1. The van der Waals surface area contributed by atoms with Gasteiger partial charge in [0.25, 0.3) is 0 Å². The Kier molecular flexibility index (Phi) is 16.6. The first kappa shape index (κ1) is 28.5. The molecular weight excluding hydrogens is 376 g/mol. The van der Waals surface area contributed by atoms with E-state index in [1.165, 1.54) is 25.2 Å². The molecule has 2 aromatic carbocycles. The molecule has 2 rings (SSSR count). The summed E-state index contributed by atoms with van der Waals surface area (Å²) in [4.78, 5) is 19.8. The van der Waals surface area contributed by atoms with Crippen molar-refractivity contribution in [3.05, 3.63) is 109 Å². The van der Waals surface area contributed by atoms with Crippen LogP contribution in [0.1, 0.15) is 31.9 Å². The smallest absolute Gasteiger partial charge is 0.332 e. The van der Waals surface area contributed by atoms with E-state index in [9.17, 15) is 9.59 Å². The van der Waals surface area contributed by atoms with Crippen molar-refractivity contribution in [2.24, 2.45) is 0 Å². The van der Waals surface area contributed by atoms with E-state index in [1.807, 2.05) is 61.5 Å². The molecule has 1 N–H and O–H groups in total. The van der Waals surface area contributed by atoms with Gasteiger partial charge in [0.1, 0.15) is 0 Å². The maximum absolute atomic E-state index is 10.2. The molecule has 4 heteroatoms. The Hall–Kier alpha value is -3.66. The first-order valence-corrected chi connectivity index (χ1v) is 9.07. The highest BCUT2D eigenvalue weighted by atomic mass is 16.5. The van der Waals surface area contributed by atoms with Crippen molar-refractivity contribution in [2.45, 2.75) is 20.8 Å². The standard InChI is InChI=1S/C9H10.C8H8.C5H8O2.C4H6O2/c1-8(2)9-6-4-3-5-7-9;1-2-8-6-4-3-5-7-8;1-4(2)5(6)7-3;1-3(2)4(5)6/h3-7H,1H2,2H3;2-7H,1H2;1H2,2-3H3;1H2,2H3,(H,5,6). The minimum Gasteiger partial charge on any atom is -0.478 e. The first-order valence-electron chi connectivity index (χ1n) is 9.07. The number of carboxylic acid groups (broad SMARTS) is 1. The second kappa shape index (κ2) is 17.4. The van der Waals surface area contributed by atoms with Crippen LogP contribution >= 0.6 is 0 Å². The van der Waals surface area contributed by atoms with Crippen LogP contribution in [0.3, 0.4) is 0 Å². The van der Waals surface area contributed by atoms with Gasteiger partial charge in [0.05, 0.1) is 7.11 Å². The Morgan fingerprint density at radius 3 is 1.40 bits per heavy atom. The lowest BCUT2D eigenvalue weighted by Gasteiger charge is -1.94. The quantitative estimate of drug-likeness (QED) is 0.467. The Balaban J connectivity index is 0. The molecule has 4 nitrogen and oxygen atoms in total. The molecule has 0 bridgehead atoms. The van der Waals surface area contributed by atoms with Gasteiger partial charge < -0.3 is 9.84 Å². The molecule has 0 aliphatic carbocycles. The molecule has 0 atom stereocenters. The second-order valence-electron chi connectivity index (χ2n) is 6.12. The third-order valence-corrected chi connectivity index (χ3v) is 3.20. The number of ether oxygens (including phenoxy) is 1. The third kappa shape index (κ3) is 16.5. The zero-order valence-corrected chi connectivity index (χ0v) is 18.4. The van der Waals surface area contributed by atoms with Crippen molar-refractivity contribution in [2.75, 3.05) is 7.11 Å². The summed E-state index contributed by atoms with van der Waals surface area (Å²) in [5.41, 5.74) is 4.12. The Bertz CT molecular complexity index is 807. The van der Waals surface area contributed by atoms with Gasteiger partial charge in [-0.1, -0.05) is 98.6 Å². The summed E-state index contributed by atoms with van der Waals surface area (Å²) in [6, 6.07) is 20.2. The molecule has 0 amide bonds. The maximum atomic E-state index is 10.2. The van der Waals surface area contributed by atoms with Crippen LogP contribution < -0.4 is 0 Å². The van der Waals surface area contributed by atoms with E-state index in [1.54, 1.807) is 6.92 Å². The van der Waals surface area contributed by atoms with E-state index in [0.29, 0.717) is 5.57 Å². The van der Waals surface area contributed by atoms with Crippen LogP contribution in [0.5, 0.6) is 0 Å². The van der Waals surface area contributed by atoms with E-state index in [4.69, 9.17) is 5.11 Å². The number of methoxy groups -OCH3 is 1. The van der Waals surface area contributed by atoms with Crippen molar-refractivity contribution in [1.29, 1.82) is 0 Å². The van der Waals surface area contributed by atoms with Crippen LogP contribution in [-0.2, 0) is 14.3 Å². The molecule has 2 aromatic rings. The van der Waals surface area contributed by atoms with Gasteiger partial charge in [-0.15, -0.1) is 0 Å². The van der Waals surface area contributed by atoms with Crippen molar-refractivity contribution in [3.8, 4) is 0 Å². The van der Waals surface area contributed by atoms with E-state index < -0.39 is 5.97 Å². The summed E-state index contributed by atoms with van der Waals surface area (Å²) in [5, 5.41) is 7.89. The van der Waals surface area contributed by atoms with Gasteiger partial charge in [0, 0.05) is 11.1 Å². The van der Waals surface area contributed by atoms with Crippen molar-refractivity contribution in [3.63, 3.8) is 0 Å². The highest BCUT2D eigenvalue weighted by molar-refractivity contribution is 5.86. The van der Waals surface area contributed by atoms with Crippen molar-refractivity contribution >= 4 is 23.6 Å². The van der Waals surface area contributed by atoms with Crippen molar-refractivity contribution in [1.82, 2.24) is 0 Å². The monoisotopic (exact) mass is 408 g/mol. The fourth-order valence-electron chi connectivity index (χ4n) is 1.49. The van der Waals surface area contributed by atoms with E-state index >= 15 is 0 Å². The Morgan fingerprint density at radius 2 is 1.23 bits per heavy atom. The summed E-state index contributed by atoms with van der Waals surface area (Å²) < 4.78 is 4.27. The molecule has 0 aromatic heterocycles. The van der Waals surface area contributed by atoms with Gasteiger partial charge >= 0.3 is 11.9 Å². The largest absolute Gasteiger partial charge is 0.478 e. The SMILES string of the molecule is C=C(C)C(=O)O.C=C(C)C(=O)OC.C=C(C)c1ccccc1.C=Cc1ccccc1. The van der Waals surface area contributed by atoms with Crippen LogP contribution in [0.15, 0.2) is 98.1 Å². The van der Waals surface area contributed by atoms with E-state index in [2.05, 4.69) is 43.2 Å². The van der Waals surface area contributed by atoms with Crippen LogP contribution in [0.25, 0.3) is 11.6 Å². The van der Waals surface area contributed by atoms with Gasteiger partial charge in [0.2, 0.25) is 0 Å². The molecule has 0 aliphatic heterocycles. The normalized spacial score (nSPS) is 8.27. The lowest BCUT2D eigenvalue weighted by atomic mass is 10.1. The fraction of sp³-hybridized carbons (Fsp3) is 0.154. The predicted molar refractivity (Wildman–Crippen MR) is 127 cm³/mol. The molecule has 0 radical (unpaired) electrons. The summed E-state index contributed by atoms with van der Waals surface area (Å²) >= 11 is 0. The highest BCUT2D eigenvalue weighted by Gasteiger charge is 1.95. The van der Waals surface area contributed by atoms with E-state index in [-0.39, 0.29) is 11.5 Å². The molecular formula is C26H32O4. The average Bonchev–Trinajstić information content (AvgIpc) is 2.75. The predicted octanol–water partition coefficient (Wildman–Crippen LogP) is 6.43. The van der Waals surface area contributed by atoms with Gasteiger partial charge in [0.15, 0.2) is 0 Å². The second-order valence-corrected chi connectivity index (χ2v) is 6.12. The fourth-order valence-corrected chi connectivity index (χ4v) is 1.49. The lowest BCUT2D eigenvalue weighted by Crippen LogP contribution is -1.98. The molecule has 0 unspecified atom stereocenters. The summed E-state index contributed by atoms with van der Waals surface area (Å²) in [6.07, 6.45) is 1.83. The summed E-state index contributed by atoms with van der Waals surface area (Å²) in [7, 11) is 1.33. The molecule has 0 saturated carbocycles. The van der Waals surface area contributed by atoms with Crippen LogP contribution in [0.4, 0.5) is 0 Å². The number of aliphatic carboxylic acids is 1. The number of rotatable bonds is 4. The van der Waals surface area contributed by atoms with Crippen LogP contribution in [0.2, 0.25) is 0 Å². The summed E-state index contributed by atoms with van der Waals surface area (Å²) in [6.45, 7) is 19.0. The average molecular weight is 409 g/mol. The molecule has 0 fully saturated rings. The van der Waals surface area contributed by atoms with Gasteiger partial charge in [-0.25, -0.2) is 9.59 Å². The molecule has 0 heterocycles. The van der Waals surface area contributed by atoms with Crippen molar-refractivity contribution < 1.29 is 19.4 Å². The molecule has 30 heavy (non-hydrogen) atoms. The van der Waals surface area contributed by atoms with Gasteiger partial charge in [-0.05, 0) is 31.9 Å². The van der Waals surface area contributed by atoms with Crippen LogP contribution in [0, 0.1) is 0 Å². The lowest BCUT2D eigenvalue weighted by molar-refractivity contribution is -0.136. The maximum Gasteiger partial charge on any atom is 0.332 e. The number of allylic oxidation sites excluding steroid dienone is 1. The number of carbonyl (C=O) groups is 2. The zero-order chi connectivity index (χ0) is 23.5. The minimum atomic E-state index is -0.935.